The van der Waals surface area contributed by atoms with E-state index in [1.54, 1.807) is 24.3 Å². The molecule has 0 saturated heterocycles. The molecule has 2 amide bonds. The highest BCUT2D eigenvalue weighted by Crippen LogP contribution is 2.29. The fraction of sp³-hybridized carbons (Fsp3) is 0.125. The summed E-state index contributed by atoms with van der Waals surface area (Å²) in [7, 11) is 0. The quantitative estimate of drug-likeness (QED) is 0.528. The van der Waals surface area contributed by atoms with Gasteiger partial charge in [-0.25, -0.2) is 0 Å². The zero-order valence-electron chi connectivity index (χ0n) is 12.4. The first-order chi connectivity index (χ1) is 11.7. The fourth-order valence-electron chi connectivity index (χ4n) is 1.83. The predicted molar refractivity (Wildman–Crippen MR) is 102 cm³/mol. The number of halogens is 5. The van der Waals surface area contributed by atoms with E-state index in [2.05, 4.69) is 10.6 Å². The van der Waals surface area contributed by atoms with Crippen LogP contribution in [-0.2, 0) is 0 Å². The molecular weight excluding hydrogens is 429 g/mol. The maximum Gasteiger partial charge on any atom is 0.252 e. The monoisotopic (exact) mass is 438 g/mol. The second kappa shape index (κ2) is 8.47. The van der Waals surface area contributed by atoms with E-state index in [9.17, 15) is 9.59 Å². The van der Waals surface area contributed by atoms with Crippen LogP contribution in [0.4, 0.5) is 0 Å². The summed E-state index contributed by atoms with van der Waals surface area (Å²) in [6.07, 6.45) is -1.26. The van der Waals surface area contributed by atoms with Gasteiger partial charge in [-0.3, -0.25) is 9.59 Å². The van der Waals surface area contributed by atoms with Crippen molar-refractivity contribution in [1.29, 1.82) is 0 Å². The highest BCUT2D eigenvalue weighted by Gasteiger charge is 2.35. The lowest BCUT2D eigenvalue weighted by atomic mass is 10.2. The molecule has 0 aromatic heterocycles. The molecule has 0 aliphatic carbocycles. The zero-order chi connectivity index (χ0) is 18.6. The van der Waals surface area contributed by atoms with E-state index in [0.717, 1.165) is 0 Å². The fourth-order valence-corrected chi connectivity index (χ4v) is 2.41. The molecule has 4 nitrogen and oxygen atoms in total. The van der Waals surface area contributed by atoms with E-state index in [-0.39, 0.29) is 0 Å². The lowest BCUT2D eigenvalue weighted by molar-refractivity contribution is 0.0885. The minimum absolute atomic E-state index is 0.296. The van der Waals surface area contributed by atoms with Crippen LogP contribution in [0.25, 0.3) is 0 Å². The van der Waals surface area contributed by atoms with Crippen LogP contribution in [0.3, 0.4) is 0 Å². The van der Waals surface area contributed by atoms with Crippen molar-refractivity contribution in [3.05, 3.63) is 69.7 Å². The van der Waals surface area contributed by atoms with Gasteiger partial charge in [0, 0.05) is 21.2 Å². The average Bonchev–Trinajstić information content (AvgIpc) is 2.54. The first-order valence-electron chi connectivity index (χ1n) is 6.86. The Labute approximate surface area is 169 Å². The lowest BCUT2D eigenvalue weighted by Crippen LogP contribution is -2.55. The molecule has 0 saturated carbocycles. The number of hydrogen-bond donors (Lipinski definition) is 2. The molecule has 0 unspecified atom stereocenters. The predicted octanol–water partition coefficient (Wildman–Crippen LogP) is 4.85. The van der Waals surface area contributed by atoms with Crippen molar-refractivity contribution in [3.8, 4) is 0 Å². The average molecular weight is 441 g/mol. The van der Waals surface area contributed by atoms with E-state index >= 15 is 0 Å². The normalized spacial score (nSPS) is 11.3. The third-order valence-electron chi connectivity index (χ3n) is 3.09. The molecule has 0 aliphatic heterocycles. The number of benzene rings is 2. The summed E-state index contributed by atoms with van der Waals surface area (Å²) in [5.41, 5.74) is 0.591. The molecule has 0 spiro atoms. The third kappa shape index (κ3) is 5.94. The van der Waals surface area contributed by atoms with Gasteiger partial charge in [0.05, 0.1) is 0 Å². The summed E-state index contributed by atoms with van der Waals surface area (Å²) in [6, 6.07) is 12.2. The van der Waals surface area contributed by atoms with Crippen molar-refractivity contribution in [1.82, 2.24) is 10.6 Å². The van der Waals surface area contributed by atoms with Gasteiger partial charge in [-0.05, 0) is 48.5 Å². The number of carbonyl (C=O) groups excluding carboxylic acids is 2. The summed E-state index contributed by atoms with van der Waals surface area (Å²) < 4.78 is -1.97. The van der Waals surface area contributed by atoms with E-state index in [1.165, 1.54) is 24.3 Å². The molecule has 9 heteroatoms. The number of carbonyl (C=O) groups is 2. The Balaban J connectivity index is 2.13. The molecule has 2 aromatic carbocycles. The summed E-state index contributed by atoms with van der Waals surface area (Å²) in [5.74, 6) is -1.08. The first kappa shape index (κ1) is 20.1. The van der Waals surface area contributed by atoms with Gasteiger partial charge in [-0.15, -0.1) is 0 Å². The van der Waals surface area contributed by atoms with Crippen LogP contribution in [0.2, 0.25) is 10.0 Å². The first-order valence-corrected chi connectivity index (χ1v) is 8.75. The van der Waals surface area contributed by atoms with Gasteiger partial charge < -0.3 is 10.6 Å². The molecule has 0 heterocycles. The smallest absolute Gasteiger partial charge is 0.252 e. The summed E-state index contributed by atoms with van der Waals surface area (Å²) in [5, 5.41) is 5.89. The molecular formula is C16H11Cl5N2O2. The van der Waals surface area contributed by atoms with Gasteiger partial charge >= 0.3 is 0 Å². The van der Waals surface area contributed by atoms with Gasteiger partial charge in [0.15, 0.2) is 0 Å². The van der Waals surface area contributed by atoms with Crippen LogP contribution >= 0.6 is 58.0 Å². The number of hydrogen-bond acceptors (Lipinski definition) is 2. The van der Waals surface area contributed by atoms with Crippen LogP contribution in [0.1, 0.15) is 20.7 Å². The highest BCUT2D eigenvalue weighted by molar-refractivity contribution is 6.68. The van der Waals surface area contributed by atoms with Crippen molar-refractivity contribution in [2.75, 3.05) is 0 Å². The number of rotatable bonds is 4. The van der Waals surface area contributed by atoms with Gasteiger partial charge in [0.1, 0.15) is 6.17 Å². The maximum atomic E-state index is 12.3. The van der Waals surface area contributed by atoms with Gasteiger partial charge in [0.2, 0.25) is 3.79 Å². The maximum absolute atomic E-state index is 12.3. The topological polar surface area (TPSA) is 58.2 Å². The Morgan fingerprint density at radius 2 is 1.04 bits per heavy atom. The van der Waals surface area contributed by atoms with Crippen molar-refractivity contribution >= 4 is 69.8 Å². The minimum atomic E-state index is -1.97. The molecule has 132 valence electrons. The van der Waals surface area contributed by atoms with E-state index < -0.39 is 21.8 Å². The van der Waals surface area contributed by atoms with Gasteiger partial charge in [-0.1, -0.05) is 58.0 Å². The van der Waals surface area contributed by atoms with Crippen molar-refractivity contribution in [2.24, 2.45) is 0 Å². The zero-order valence-corrected chi connectivity index (χ0v) is 16.2. The van der Waals surface area contributed by atoms with Crippen molar-refractivity contribution < 1.29 is 9.59 Å². The van der Waals surface area contributed by atoms with Crippen LogP contribution in [-0.4, -0.2) is 21.8 Å². The highest BCUT2D eigenvalue weighted by atomic mass is 35.6. The number of nitrogens with one attached hydrogen (secondary N) is 2. The molecule has 0 bridgehead atoms. The molecule has 2 N–H and O–H groups in total. The number of alkyl halides is 3. The molecule has 0 atom stereocenters. The summed E-state index contributed by atoms with van der Waals surface area (Å²) in [6.45, 7) is 0. The van der Waals surface area contributed by atoms with Crippen LogP contribution in [0.15, 0.2) is 48.5 Å². The van der Waals surface area contributed by atoms with Crippen molar-refractivity contribution in [2.45, 2.75) is 9.96 Å². The standard InChI is InChI=1S/C16H11Cl5N2O2/c17-11-5-1-9(2-6-11)13(24)22-15(16(19,20)21)23-14(25)10-3-7-12(18)8-4-10/h1-8,15H,(H,22,24)(H,23,25). The Bertz CT molecular complexity index is 698. The Kier molecular flexibility index (Phi) is 6.83. The summed E-state index contributed by atoms with van der Waals surface area (Å²) >= 11 is 29.2. The van der Waals surface area contributed by atoms with Crippen LogP contribution in [0.5, 0.6) is 0 Å². The molecule has 0 aliphatic rings. The molecule has 0 radical (unpaired) electrons. The van der Waals surface area contributed by atoms with Crippen LogP contribution in [0, 0.1) is 0 Å². The minimum Gasteiger partial charge on any atom is -0.328 e. The molecule has 25 heavy (non-hydrogen) atoms. The molecule has 2 rings (SSSR count). The van der Waals surface area contributed by atoms with E-state index in [1.807, 2.05) is 0 Å². The lowest BCUT2D eigenvalue weighted by Gasteiger charge is -2.26. The summed E-state index contributed by atoms with van der Waals surface area (Å²) in [4.78, 5) is 24.6. The second-order valence-corrected chi connectivity index (χ2v) is 8.18. The van der Waals surface area contributed by atoms with Crippen molar-refractivity contribution in [3.63, 3.8) is 0 Å². The Hall–Kier alpha value is -1.17. The molecule has 0 fully saturated rings. The second-order valence-electron chi connectivity index (χ2n) is 4.94. The SMILES string of the molecule is O=C(NC(NC(=O)c1ccc(Cl)cc1)C(Cl)(Cl)Cl)c1ccc(Cl)cc1. The Morgan fingerprint density at radius 1 is 0.720 bits per heavy atom. The Morgan fingerprint density at radius 3 is 1.32 bits per heavy atom. The number of amides is 2. The third-order valence-corrected chi connectivity index (χ3v) is 4.25. The van der Waals surface area contributed by atoms with E-state index in [4.69, 9.17) is 58.0 Å². The molecule has 2 aromatic rings. The van der Waals surface area contributed by atoms with Gasteiger partial charge in [-0.2, -0.15) is 0 Å². The van der Waals surface area contributed by atoms with Gasteiger partial charge in [0.25, 0.3) is 11.8 Å². The van der Waals surface area contributed by atoms with Crippen LogP contribution < -0.4 is 10.6 Å². The largest absolute Gasteiger partial charge is 0.328 e. The van der Waals surface area contributed by atoms with E-state index in [0.29, 0.717) is 21.2 Å².